The first kappa shape index (κ1) is 11.3. The molecule has 68 valence electrons. The topological polar surface area (TPSA) is 0 Å². The highest BCUT2D eigenvalue weighted by Gasteiger charge is 2.14. The predicted octanol–water partition coefficient (Wildman–Crippen LogP) is 4.22. The molecular formula is C10H21Cl. The van der Waals surface area contributed by atoms with Crippen LogP contribution in [0.4, 0.5) is 0 Å². The summed E-state index contributed by atoms with van der Waals surface area (Å²) in [4.78, 5) is 0. The smallest absolute Gasteiger partial charge is 0.0361 e. The summed E-state index contributed by atoms with van der Waals surface area (Å²) in [7, 11) is 0. The monoisotopic (exact) mass is 176 g/mol. The van der Waals surface area contributed by atoms with Gasteiger partial charge in [0.25, 0.3) is 0 Å². The summed E-state index contributed by atoms with van der Waals surface area (Å²) >= 11 is 6.17. The molecule has 0 N–H and O–H groups in total. The van der Waals surface area contributed by atoms with Crippen LogP contribution in [0.5, 0.6) is 0 Å². The predicted molar refractivity (Wildman–Crippen MR) is 53.2 cm³/mol. The molecule has 1 heteroatoms. The summed E-state index contributed by atoms with van der Waals surface area (Å²) in [5, 5.41) is 0.409. The molecule has 0 aliphatic rings. The first-order chi connectivity index (χ1) is 5.26. The van der Waals surface area contributed by atoms with Crippen molar-refractivity contribution < 1.29 is 0 Å². The van der Waals surface area contributed by atoms with Gasteiger partial charge in [-0.1, -0.05) is 40.0 Å². The van der Waals surface area contributed by atoms with Crippen LogP contribution >= 0.6 is 11.6 Å². The maximum atomic E-state index is 6.17. The molecule has 2 atom stereocenters. The van der Waals surface area contributed by atoms with E-state index in [2.05, 4.69) is 20.8 Å². The second kappa shape index (κ2) is 6.97. The van der Waals surface area contributed by atoms with E-state index in [4.69, 9.17) is 11.6 Å². The standard InChI is InChI=1S/C10H21Cl/c1-4-7-8-9(5-2)10(11)6-3/h9-10H,4-8H2,1-3H3. The minimum absolute atomic E-state index is 0.409. The number of hydrogen-bond donors (Lipinski definition) is 0. The Balaban J connectivity index is 3.56. The molecule has 0 fully saturated rings. The van der Waals surface area contributed by atoms with Crippen LogP contribution in [-0.4, -0.2) is 5.38 Å². The van der Waals surface area contributed by atoms with Crippen molar-refractivity contribution in [3.8, 4) is 0 Å². The van der Waals surface area contributed by atoms with E-state index in [0.29, 0.717) is 5.38 Å². The van der Waals surface area contributed by atoms with Crippen LogP contribution in [0.2, 0.25) is 0 Å². The zero-order valence-corrected chi connectivity index (χ0v) is 8.82. The molecule has 11 heavy (non-hydrogen) atoms. The third-order valence-electron chi connectivity index (χ3n) is 2.35. The lowest BCUT2D eigenvalue weighted by Gasteiger charge is -2.18. The molecule has 0 saturated carbocycles. The zero-order chi connectivity index (χ0) is 8.69. The van der Waals surface area contributed by atoms with Crippen LogP contribution in [0.15, 0.2) is 0 Å². The van der Waals surface area contributed by atoms with Gasteiger partial charge in [0.15, 0.2) is 0 Å². The highest BCUT2D eigenvalue weighted by molar-refractivity contribution is 6.20. The molecule has 0 rings (SSSR count). The van der Waals surface area contributed by atoms with Crippen molar-refractivity contribution in [3.05, 3.63) is 0 Å². The number of rotatable bonds is 6. The van der Waals surface area contributed by atoms with Crippen LogP contribution in [0.3, 0.4) is 0 Å². The van der Waals surface area contributed by atoms with Gasteiger partial charge in [-0.3, -0.25) is 0 Å². The van der Waals surface area contributed by atoms with Gasteiger partial charge in [0, 0.05) is 5.38 Å². The Hall–Kier alpha value is 0.290. The van der Waals surface area contributed by atoms with Gasteiger partial charge < -0.3 is 0 Å². The van der Waals surface area contributed by atoms with Crippen molar-refractivity contribution in [2.45, 2.75) is 58.3 Å². The molecule has 0 aliphatic heterocycles. The third-order valence-corrected chi connectivity index (χ3v) is 3.02. The van der Waals surface area contributed by atoms with Gasteiger partial charge in [0.2, 0.25) is 0 Å². The molecule has 0 aromatic rings. The van der Waals surface area contributed by atoms with E-state index in [9.17, 15) is 0 Å². The Kier molecular flexibility index (Phi) is 7.15. The molecular weight excluding hydrogens is 156 g/mol. The second-order valence-electron chi connectivity index (χ2n) is 3.23. The van der Waals surface area contributed by atoms with Gasteiger partial charge in [-0.25, -0.2) is 0 Å². The maximum Gasteiger partial charge on any atom is 0.0361 e. The highest BCUT2D eigenvalue weighted by Crippen LogP contribution is 2.23. The Morgan fingerprint density at radius 1 is 1.09 bits per heavy atom. The molecule has 0 aromatic heterocycles. The van der Waals surface area contributed by atoms with Gasteiger partial charge in [-0.15, -0.1) is 11.6 Å². The lowest BCUT2D eigenvalue weighted by Crippen LogP contribution is -2.12. The average molecular weight is 177 g/mol. The average Bonchev–Trinajstić information content (AvgIpc) is 2.05. The van der Waals surface area contributed by atoms with E-state index >= 15 is 0 Å². The molecule has 0 aliphatic carbocycles. The van der Waals surface area contributed by atoms with Gasteiger partial charge in [0.1, 0.15) is 0 Å². The Bertz CT molecular complexity index is 80.9. The zero-order valence-electron chi connectivity index (χ0n) is 8.07. The molecule has 0 bridgehead atoms. The van der Waals surface area contributed by atoms with Gasteiger partial charge in [-0.05, 0) is 18.8 Å². The van der Waals surface area contributed by atoms with E-state index in [1.165, 1.54) is 25.7 Å². The molecule has 0 radical (unpaired) electrons. The van der Waals surface area contributed by atoms with Crippen LogP contribution in [0.1, 0.15) is 52.9 Å². The highest BCUT2D eigenvalue weighted by atomic mass is 35.5. The summed E-state index contributed by atoms with van der Waals surface area (Å²) in [5.41, 5.74) is 0. The summed E-state index contributed by atoms with van der Waals surface area (Å²) < 4.78 is 0. The fourth-order valence-electron chi connectivity index (χ4n) is 1.44. The van der Waals surface area contributed by atoms with Gasteiger partial charge in [-0.2, -0.15) is 0 Å². The van der Waals surface area contributed by atoms with Gasteiger partial charge >= 0.3 is 0 Å². The first-order valence-corrected chi connectivity index (χ1v) is 5.33. The minimum atomic E-state index is 0.409. The molecule has 2 unspecified atom stereocenters. The summed E-state index contributed by atoms with van der Waals surface area (Å²) in [6, 6.07) is 0. The fourth-order valence-corrected chi connectivity index (χ4v) is 1.74. The Labute approximate surface area is 76.3 Å². The van der Waals surface area contributed by atoms with Crippen molar-refractivity contribution >= 4 is 11.6 Å². The Morgan fingerprint density at radius 2 is 1.73 bits per heavy atom. The number of hydrogen-bond acceptors (Lipinski definition) is 0. The quantitative estimate of drug-likeness (QED) is 0.532. The lowest BCUT2D eigenvalue weighted by atomic mass is 9.94. The maximum absolute atomic E-state index is 6.17. The summed E-state index contributed by atoms with van der Waals surface area (Å²) in [6.45, 7) is 6.65. The minimum Gasteiger partial charge on any atom is -0.123 e. The van der Waals surface area contributed by atoms with E-state index in [1.54, 1.807) is 0 Å². The summed E-state index contributed by atoms with van der Waals surface area (Å²) in [6.07, 6.45) is 6.30. The molecule has 0 nitrogen and oxygen atoms in total. The molecule has 0 saturated heterocycles. The van der Waals surface area contributed by atoms with Crippen LogP contribution in [-0.2, 0) is 0 Å². The van der Waals surface area contributed by atoms with Crippen LogP contribution in [0, 0.1) is 5.92 Å². The van der Waals surface area contributed by atoms with Crippen molar-refractivity contribution in [2.24, 2.45) is 5.92 Å². The second-order valence-corrected chi connectivity index (χ2v) is 3.80. The van der Waals surface area contributed by atoms with Crippen molar-refractivity contribution in [1.29, 1.82) is 0 Å². The summed E-state index contributed by atoms with van der Waals surface area (Å²) in [5.74, 6) is 0.751. The Morgan fingerprint density at radius 3 is 2.09 bits per heavy atom. The molecule has 0 heterocycles. The van der Waals surface area contributed by atoms with Crippen LogP contribution in [0.25, 0.3) is 0 Å². The molecule has 0 spiro atoms. The molecule has 0 aromatic carbocycles. The van der Waals surface area contributed by atoms with E-state index in [0.717, 1.165) is 12.3 Å². The number of alkyl halides is 1. The first-order valence-electron chi connectivity index (χ1n) is 4.90. The largest absolute Gasteiger partial charge is 0.123 e. The fraction of sp³-hybridized carbons (Fsp3) is 1.00. The number of unbranched alkanes of at least 4 members (excludes halogenated alkanes) is 1. The third kappa shape index (κ3) is 4.68. The van der Waals surface area contributed by atoms with E-state index in [1.807, 2.05) is 0 Å². The van der Waals surface area contributed by atoms with Crippen molar-refractivity contribution in [3.63, 3.8) is 0 Å². The molecule has 0 amide bonds. The lowest BCUT2D eigenvalue weighted by molar-refractivity contribution is 0.424. The van der Waals surface area contributed by atoms with Crippen molar-refractivity contribution in [2.75, 3.05) is 0 Å². The van der Waals surface area contributed by atoms with E-state index < -0.39 is 0 Å². The van der Waals surface area contributed by atoms with Gasteiger partial charge in [0.05, 0.1) is 0 Å². The number of halogens is 1. The van der Waals surface area contributed by atoms with E-state index in [-0.39, 0.29) is 0 Å². The SMILES string of the molecule is CCCCC(CC)C(Cl)CC. The van der Waals surface area contributed by atoms with Crippen molar-refractivity contribution in [1.82, 2.24) is 0 Å². The van der Waals surface area contributed by atoms with Crippen LogP contribution < -0.4 is 0 Å². The normalized spacial score (nSPS) is 16.4.